The fourth-order valence-electron chi connectivity index (χ4n) is 8.13. The average molecular weight is 752 g/mol. The number of carbonyl (C=O) groups excluding carboxylic acids is 6. The standard InChI is InChI=1S/C39H53N5O8S/c1-22(2)30(44(6)35(48)32(27-13-14-27)42-37(50)38-19-39(20-38,21-38)43-24(4)45)17-31(52-25(5)46)34-41-29(18-53-34)33(47)40-28(15-23(3)36(49)51-7)16-26-11-9-8-10-12-26/h8-12,18,22-23,27-28,30-32H,13-17,19-21H2,1-7H3,(H,40,47)(H,42,50)(H,43,45)/t23-,28+,30+,31+,32-,38?,39?/m0/s1. The number of hydrogen-bond acceptors (Lipinski definition) is 10. The number of nitrogens with zero attached hydrogens (tertiary/aromatic N) is 2. The zero-order valence-corrected chi connectivity index (χ0v) is 32.5. The van der Waals surface area contributed by atoms with E-state index in [9.17, 15) is 28.8 Å². The fraction of sp³-hybridized carbons (Fsp3) is 0.615. The molecule has 2 aromatic rings. The lowest BCUT2D eigenvalue weighted by Gasteiger charge is -2.69. The van der Waals surface area contributed by atoms with Gasteiger partial charge in [-0.15, -0.1) is 11.3 Å². The van der Waals surface area contributed by atoms with Crippen molar-refractivity contribution in [3.8, 4) is 0 Å². The van der Waals surface area contributed by atoms with Crippen molar-refractivity contribution in [2.75, 3.05) is 14.2 Å². The third-order valence-electron chi connectivity index (χ3n) is 10.9. The number of nitrogens with one attached hydrogen (secondary N) is 3. The van der Waals surface area contributed by atoms with Gasteiger partial charge >= 0.3 is 11.9 Å². The topological polar surface area (TPSA) is 173 Å². The van der Waals surface area contributed by atoms with Gasteiger partial charge in [0.05, 0.1) is 18.4 Å². The van der Waals surface area contributed by atoms with E-state index in [1.54, 1.807) is 24.3 Å². The maximum absolute atomic E-state index is 14.1. The molecule has 1 aromatic carbocycles. The van der Waals surface area contributed by atoms with Gasteiger partial charge < -0.3 is 30.3 Å². The van der Waals surface area contributed by atoms with E-state index in [0.29, 0.717) is 37.1 Å². The van der Waals surface area contributed by atoms with Crippen LogP contribution in [0.3, 0.4) is 0 Å². The first-order valence-electron chi connectivity index (χ1n) is 18.5. The Morgan fingerprint density at radius 2 is 1.64 bits per heavy atom. The molecule has 0 saturated heterocycles. The number of ether oxygens (including phenoxy) is 2. The van der Waals surface area contributed by atoms with Gasteiger partial charge in [-0.05, 0) is 62.3 Å². The Hall–Kier alpha value is -4.33. The highest BCUT2D eigenvalue weighted by molar-refractivity contribution is 7.09. The third kappa shape index (κ3) is 9.43. The van der Waals surface area contributed by atoms with Gasteiger partial charge in [-0.25, -0.2) is 4.98 Å². The molecule has 0 spiro atoms. The summed E-state index contributed by atoms with van der Waals surface area (Å²) in [5.41, 5.74) is 0.321. The second-order valence-electron chi connectivity index (χ2n) is 15.7. The van der Waals surface area contributed by atoms with E-state index in [0.717, 1.165) is 18.4 Å². The molecule has 4 aliphatic carbocycles. The summed E-state index contributed by atoms with van der Waals surface area (Å²) in [4.78, 5) is 83.6. The number of thiazole rings is 1. The van der Waals surface area contributed by atoms with Crippen LogP contribution in [0.2, 0.25) is 0 Å². The quantitative estimate of drug-likeness (QED) is 0.190. The van der Waals surface area contributed by atoms with Crippen molar-refractivity contribution in [3.05, 3.63) is 52.0 Å². The van der Waals surface area contributed by atoms with Crippen molar-refractivity contribution in [2.24, 2.45) is 23.2 Å². The minimum absolute atomic E-state index is 0.0454. The molecule has 4 fully saturated rings. The monoisotopic (exact) mass is 751 g/mol. The lowest BCUT2D eigenvalue weighted by Crippen LogP contribution is -2.78. The summed E-state index contributed by atoms with van der Waals surface area (Å²) in [6.45, 7) is 8.51. The van der Waals surface area contributed by atoms with Crippen LogP contribution in [0, 0.1) is 23.2 Å². The zero-order valence-electron chi connectivity index (χ0n) is 31.7. The Balaban J connectivity index is 1.27. The Morgan fingerprint density at radius 3 is 2.21 bits per heavy atom. The fourth-order valence-corrected chi connectivity index (χ4v) is 8.97. The van der Waals surface area contributed by atoms with E-state index in [1.165, 1.54) is 32.3 Å². The second kappa shape index (κ2) is 16.4. The van der Waals surface area contributed by atoms with Crippen LogP contribution in [-0.2, 0) is 39.9 Å². The normalized spacial score (nSPS) is 22.8. The summed E-state index contributed by atoms with van der Waals surface area (Å²) in [6.07, 6.45) is 3.69. The molecule has 1 heterocycles. The molecule has 53 heavy (non-hydrogen) atoms. The van der Waals surface area contributed by atoms with Crippen LogP contribution in [0.5, 0.6) is 0 Å². The predicted molar refractivity (Wildman–Crippen MR) is 197 cm³/mol. The molecule has 0 aliphatic heterocycles. The summed E-state index contributed by atoms with van der Waals surface area (Å²) in [5, 5.41) is 11.1. The minimum Gasteiger partial charge on any atom is -0.469 e. The van der Waals surface area contributed by atoms with Gasteiger partial charge in [0.2, 0.25) is 17.7 Å². The molecule has 5 atom stereocenters. The van der Waals surface area contributed by atoms with Crippen LogP contribution in [-0.4, -0.2) is 83.3 Å². The van der Waals surface area contributed by atoms with Gasteiger partial charge in [0.25, 0.3) is 5.91 Å². The number of amides is 4. The summed E-state index contributed by atoms with van der Waals surface area (Å²) in [5.74, 6) is -2.20. The number of hydrogen-bond donors (Lipinski definition) is 3. The molecular formula is C39H53N5O8S. The number of benzene rings is 1. The highest BCUT2D eigenvalue weighted by atomic mass is 32.1. The Bertz CT molecular complexity index is 1670. The molecule has 4 aliphatic rings. The molecule has 13 nitrogen and oxygen atoms in total. The van der Waals surface area contributed by atoms with Crippen LogP contribution in [0.4, 0.5) is 0 Å². The number of rotatable bonds is 18. The van der Waals surface area contributed by atoms with Crippen molar-refractivity contribution in [2.45, 2.75) is 116 Å². The molecule has 6 rings (SSSR count). The van der Waals surface area contributed by atoms with Crippen LogP contribution in [0.15, 0.2) is 35.7 Å². The smallest absolute Gasteiger partial charge is 0.308 e. The van der Waals surface area contributed by atoms with E-state index in [2.05, 4.69) is 20.9 Å². The SMILES string of the molecule is COC(=O)[C@@H](C)C[C@H](Cc1ccccc1)NC(=O)c1csc([C@@H](C[C@H](C(C)C)N(C)C(=O)[C@@H](NC(=O)C23CC(NC(C)=O)(C2)C3)C2CC2)OC(C)=O)n1. The minimum atomic E-state index is -0.833. The number of methoxy groups -OCH3 is 1. The molecular weight excluding hydrogens is 699 g/mol. The molecule has 14 heteroatoms. The van der Waals surface area contributed by atoms with Crippen molar-refractivity contribution in [1.29, 1.82) is 0 Å². The molecule has 2 bridgehead atoms. The predicted octanol–water partition coefficient (Wildman–Crippen LogP) is 4.11. The largest absolute Gasteiger partial charge is 0.469 e. The molecule has 0 unspecified atom stereocenters. The lowest BCUT2D eigenvalue weighted by atomic mass is 9.39. The summed E-state index contributed by atoms with van der Waals surface area (Å²) in [6, 6.07) is 8.22. The van der Waals surface area contributed by atoms with Gasteiger partial charge in [0, 0.05) is 50.3 Å². The van der Waals surface area contributed by atoms with E-state index in [-0.39, 0.29) is 65.3 Å². The van der Waals surface area contributed by atoms with Crippen molar-refractivity contribution in [3.63, 3.8) is 0 Å². The van der Waals surface area contributed by atoms with Gasteiger partial charge in [-0.2, -0.15) is 0 Å². The number of carbonyl (C=O) groups is 6. The maximum Gasteiger partial charge on any atom is 0.308 e. The third-order valence-corrected chi connectivity index (χ3v) is 11.8. The Kier molecular flexibility index (Phi) is 12.3. The summed E-state index contributed by atoms with van der Waals surface area (Å²) < 4.78 is 10.7. The first kappa shape index (κ1) is 39.9. The lowest BCUT2D eigenvalue weighted by molar-refractivity contribution is -0.184. The van der Waals surface area contributed by atoms with Crippen LogP contribution >= 0.6 is 11.3 Å². The second-order valence-corrected chi connectivity index (χ2v) is 16.6. The summed E-state index contributed by atoms with van der Waals surface area (Å²) >= 11 is 1.19. The molecule has 4 saturated carbocycles. The molecule has 288 valence electrons. The molecule has 3 N–H and O–H groups in total. The number of esters is 2. The van der Waals surface area contributed by atoms with Crippen molar-refractivity contribution >= 4 is 46.9 Å². The molecule has 0 radical (unpaired) electrons. The molecule has 4 amide bonds. The van der Waals surface area contributed by atoms with E-state index < -0.39 is 35.4 Å². The van der Waals surface area contributed by atoms with Crippen molar-refractivity contribution < 1.29 is 38.2 Å². The van der Waals surface area contributed by atoms with Crippen molar-refractivity contribution in [1.82, 2.24) is 25.8 Å². The van der Waals surface area contributed by atoms with E-state index in [4.69, 9.17) is 9.47 Å². The number of likely N-dealkylation sites (N-methyl/N-ethyl adjacent to an activating group) is 1. The summed E-state index contributed by atoms with van der Waals surface area (Å²) in [7, 11) is 3.06. The number of aromatic nitrogens is 1. The van der Waals surface area contributed by atoms with Crippen LogP contribution < -0.4 is 16.0 Å². The molecule has 1 aromatic heterocycles. The first-order valence-corrected chi connectivity index (χ1v) is 19.3. The highest BCUT2D eigenvalue weighted by Crippen LogP contribution is 2.67. The average Bonchev–Trinajstić information content (AvgIpc) is 3.79. The van der Waals surface area contributed by atoms with E-state index >= 15 is 0 Å². The zero-order chi connectivity index (χ0) is 38.7. The Morgan fingerprint density at radius 1 is 0.981 bits per heavy atom. The van der Waals surface area contributed by atoms with Gasteiger partial charge in [-0.1, -0.05) is 51.1 Å². The highest BCUT2D eigenvalue weighted by Gasteiger charge is 2.72. The Labute approximate surface area is 315 Å². The van der Waals surface area contributed by atoms with Crippen LogP contribution in [0.25, 0.3) is 0 Å². The van der Waals surface area contributed by atoms with Gasteiger partial charge in [0.1, 0.15) is 16.7 Å². The maximum atomic E-state index is 14.1. The first-order chi connectivity index (χ1) is 25.0. The van der Waals surface area contributed by atoms with E-state index in [1.807, 2.05) is 44.2 Å². The van der Waals surface area contributed by atoms with Crippen LogP contribution in [0.1, 0.15) is 107 Å². The van der Waals surface area contributed by atoms with Gasteiger partial charge in [0.15, 0.2) is 6.10 Å². The van der Waals surface area contributed by atoms with Gasteiger partial charge in [-0.3, -0.25) is 28.8 Å².